The molecule has 0 spiro atoms. The van der Waals surface area contributed by atoms with Gasteiger partial charge in [0, 0.05) is 10.9 Å². The Morgan fingerprint density at radius 1 is 1.47 bits per heavy atom. The van der Waals surface area contributed by atoms with Crippen LogP contribution in [0.2, 0.25) is 0 Å². The molecule has 0 saturated carbocycles. The van der Waals surface area contributed by atoms with E-state index in [1.165, 1.54) is 7.11 Å². The van der Waals surface area contributed by atoms with Gasteiger partial charge in [0.1, 0.15) is 5.78 Å². The quantitative estimate of drug-likeness (QED) is 0.788. The number of carbonyl (C=O) groups excluding carboxylic acids is 2. The van der Waals surface area contributed by atoms with Crippen LogP contribution in [0.4, 0.5) is 0 Å². The van der Waals surface area contributed by atoms with Crippen molar-refractivity contribution in [3.05, 3.63) is 33.8 Å². The molecule has 0 radical (unpaired) electrons. The minimum atomic E-state index is -0.359. The molecule has 1 aliphatic rings. The number of aryl methyl sites for hydroxylation is 1. The second-order valence-electron chi connectivity index (χ2n) is 4.11. The van der Waals surface area contributed by atoms with Crippen LogP contribution >= 0.6 is 15.9 Å². The summed E-state index contributed by atoms with van der Waals surface area (Å²) in [5.41, 5.74) is 2.10. The van der Waals surface area contributed by atoms with Crippen molar-refractivity contribution in [2.45, 2.75) is 25.2 Å². The number of halogens is 1. The van der Waals surface area contributed by atoms with Gasteiger partial charge in [-0.3, -0.25) is 9.59 Å². The van der Waals surface area contributed by atoms with Crippen LogP contribution < -0.4 is 0 Å². The fraction of sp³-hybridized carbons (Fsp3) is 0.385. The standard InChI is InChI=1S/C13H13BrO3/c1-17-12(16)7-9-11(15)6-5-8-3-2-4-10(14)13(8)9/h2-4,9H,5-7H2,1H3. The summed E-state index contributed by atoms with van der Waals surface area (Å²) in [5.74, 6) is -0.580. The van der Waals surface area contributed by atoms with Crippen molar-refractivity contribution in [1.82, 2.24) is 0 Å². The van der Waals surface area contributed by atoms with E-state index in [2.05, 4.69) is 20.7 Å². The summed E-state index contributed by atoms with van der Waals surface area (Å²) >= 11 is 3.46. The van der Waals surface area contributed by atoms with Crippen LogP contribution in [-0.2, 0) is 20.7 Å². The van der Waals surface area contributed by atoms with Gasteiger partial charge in [-0.05, 0) is 23.6 Å². The molecule has 0 aliphatic heterocycles. The molecule has 0 amide bonds. The van der Waals surface area contributed by atoms with Gasteiger partial charge in [-0.1, -0.05) is 28.1 Å². The van der Waals surface area contributed by atoms with Crippen molar-refractivity contribution in [3.8, 4) is 0 Å². The third-order valence-corrected chi connectivity index (χ3v) is 3.81. The zero-order valence-corrected chi connectivity index (χ0v) is 11.1. The van der Waals surface area contributed by atoms with Gasteiger partial charge in [0.25, 0.3) is 0 Å². The van der Waals surface area contributed by atoms with Crippen molar-refractivity contribution in [1.29, 1.82) is 0 Å². The lowest BCUT2D eigenvalue weighted by Gasteiger charge is -2.24. The highest BCUT2D eigenvalue weighted by Gasteiger charge is 2.31. The smallest absolute Gasteiger partial charge is 0.306 e. The van der Waals surface area contributed by atoms with Gasteiger partial charge >= 0.3 is 5.97 Å². The van der Waals surface area contributed by atoms with Crippen LogP contribution in [0.25, 0.3) is 0 Å². The Morgan fingerprint density at radius 2 is 2.24 bits per heavy atom. The summed E-state index contributed by atoms with van der Waals surface area (Å²) in [6.45, 7) is 0. The van der Waals surface area contributed by atoms with Gasteiger partial charge in [0.2, 0.25) is 0 Å². The topological polar surface area (TPSA) is 43.4 Å². The number of benzene rings is 1. The Bertz CT molecular complexity index is 468. The highest BCUT2D eigenvalue weighted by molar-refractivity contribution is 9.10. The Balaban J connectivity index is 2.39. The van der Waals surface area contributed by atoms with E-state index in [-0.39, 0.29) is 24.1 Å². The molecule has 0 fully saturated rings. The molecule has 90 valence electrons. The molecule has 4 heteroatoms. The van der Waals surface area contributed by atoms with E-state index in [0.717, 1.165) is 22.0 Å². The molecule has 1 unspecified atom stereocenters. The minimum Gasteiger partial charge on any atom is -0.469 e. The van der Waals surface area contributed by atoms with E-state index in [1.807, 2.05) is 18.2 Å². The molecular formula is C13H13BrO3. The summed E-state index contributed by atoms with van der Waals surface area (Å²) in [7, 11) is 1.34. The Hall–Kier alpha value is -1.16. The molecule has 0 N–H and O–H groups in total. The molecule has 3 nitrogen and oxygen atoms in total. The summed E-state index contributed by atoms with van der Waals surface area (Å²) in [4.78, 5) is 23.3. The predicted octanol–water partition coefficient (Wildman–Crippen LogP) is 2.61. The van der Waals surface area contributed by atoms with Crippen LogP contribution in [0.1, 0.15) is 29.9 Å². The molecular weight excluding hydrogens is 284 g/mol. The molecule has 0 aromatic heterocycles. The second kappa shape index (κ2) is 5.00. The maximum absolute atomic E-state index is 11.9. The first-order chi connectivity index (χ1) is 8.13. The Morgan fingerprint density at radius 3 is 2.94 bits per heavy atom. The largest absolute Gasteiger partial charge is 0.469 e. The summed E-state index contributed by atoms with van der Waals surface area (Å²) in [6.07, 6.45) is 1.39. The highest BCUT2D eigenvalue weighted by atomic mass is 79.9. The van der Waals surface area contributed by atoms with Crippen molar-refractivity contribution < 1.29 is 14.3 Å². The average molecular weight is 297 g/mol. The molecule has 1 atom stereocenters. The van der Waals surface area contributed by atoms with Gasteiger partial charge in [-0.15, -0.1) is 0 Å². The normalized spacial score (nSPS) is 18.7. The number of hydrogen-bond donors (Lipinski definition) is 0. The lowest BCUT2D eigenvalue weighted by Crippen LogP contribution is -2.24. The van der Waals surface area contributed by atoms with E-state index in [1.54, 1.807) is 0 Å². The number of rotatable bonds is 2. The first-order valence-electron chi connectivity index (χ1n) is 5.50. The van der Waals surface area contributed by atoms with Crippen molar-refractivity contribution >= 4 is 27.7 Å². The van der Waals surface area contributed by atoms with Gasteiger partial charge in [0.15, 0.2) is 0 Å². The van der Waals surface area contributed by atoms with Crippen LogP contribution in [0.5, 0.6) is 0 Å². The summed E-state index contributed by atoms with van der Waals surface area (Å²) in [6, 6.07) is 5.87. The van der Waals surface area contributed by atoms with Crippen LogP contribution in [0.3, 0.4) is 0 Å². The molecule has 1 aromatic carbocycles. The van der Waals surface area contributed by atoms with Gasteiger partial charge < -0.3 is 4.74 Å². The molecule has 17 heavy (non-hydrogen) atoms. The molecule has 1 aromatic rings. The fourth-order valence-corrected chi connectivity index (χ4v) is 2.93. The van der Waals surface area contributed by atoms with E-state index < -0.39 is 0 Å². The van der Waals surface area contributed by atoms with Crippen LogP contribution in [0, 0.1) is 0 Å². The number of esters is 1. The van der Waals surface area contributed by atoms with E-state index in [0.29, 0.717) is 6.42 Å². The van der Waals surface area contributed by atoms with Crippen LogP contribution in [-0.4, -0.2) is 18.9 Å². The average Bonchev–Trinajstić information content (AvgIpc) is 2.33. The monoisotopic (exact) mass is 296 g/mol. The van der Waals surface area contributed by atoms with Crippen molar-refractivity contribution in [3.63, 3.8) is 0 Å². The third kappa shape index (κ3) is 2.41. The zero-order chi connectivity index (χ0) is 12.4. The second-order valence-corrected chi connectivity index (χ2v) is 4.97. The van der Waals surface area contributed by atoms with E-state index >= 15 is 0 Å². The Kier molecular flexibility index (Phi) is 3.62. The number of Topliss-reactive ketones (excluding diaryl/α,β-unsaturated/α-hetero) is 1. The maximum atomic E-state index is 11.9. The van der Waals surface area contributed by atoms with Crippen LogP contribution in [0.15, 0.2) is 22.7 Å². The molecule has 0 heterocycles. The highest BCUT2D eigenvalue weighted by Crippen LogP contribution is 2.36. The van der Waals surface area contributed by atoms with Crippen molar-refractivity contribution in [2.24, 2.45) is 0 Å². The number of hydrogen-bond acceptors (Lipinski definition) is 3. The third-order valence-electron chi connectivity index (χ3n) is 3.12. The zero-order valence-electron chi connectivity index (χ0n) is 9.53. The number of ether oxygens (including phenoxy) is 1. The molecule has 1 aliphatic carbocycles. The molecule has 0 bridgehead atoms. The summed E-state index contributed by atoms with van der Waals surface area (Å²) < 4.78 is 5.55. The first-order valence-corrected chi connectivity index (χ1v) is 6.29. The van der Waals surface area contributed by atoms with Gasteiger partial charge in [-0.25, -0.2) is 0 Å². The lowest BCUT2D eigenvalue weighted by molar-refractivity contribution is -0.142. The number of carbonyl (C=O) groups is 2. The number of ketones is 1. The molecule has 0 saturated heterocycles. The SMILES string of the molecule is COC(=O)CC1C(=O)CCc2cccc(Br)c21. The lowest BCUT2D eigenvalue weighted by atomic mass is 9.80. The van der Waals surface area contributed by atoms with E-state index in [9.17, 15) is 9.59 Å². The first kappa shape index (κ1) is 12.3. The number of fused-ring (bicyclic) bond motifs is 1. The Labute approximate surface area is 108 Å². The predicted molar refractivity (Wildman–Crippen MR) is 66.8 cm³/mol. The fourth-order valence-electron chi connectivity index (χ4n) is 2.25. The van der Waals surface area contributed by atoms with Crippen molar-refractivity contribution in [2.75, 3.05) is 7.11 Å². The van der Waals surface area contributed by atoms with Gasteiger partial charge in [0.05, 0.1) is 19.4 Å². The minimum absolute atomic E-state index is 0.120. The maximum Gasteiger partial charge on any atom is 0.306 e. The van der Waals surface area contributed by atoms with Gasteiger partial charge in [-0.2, -0.15) is 0 Å². The number of methoxy groups -OCH3 is 1. The summed E-state index contributed by atoms with van der Waals surface area (Å²) in [5, 5.41) is 0. The van der Waals surface area contributed by atoms with E-state index in [4.69, 9.17) is 0 Å². The molecule has 2 rings (SSSR count).